The number of nitrogens with one attached hydrogen (secondary N) is 2. The van der Waals surface area contributed by atoms with Gasteiger partial charge in [-0.1, -0.05) is 19.9 Å². The number of carbonyl (C=O) groups excluding carboxylic acids is 3. The van der Waals surface area contributed by atoms with E-state index in [-0.39, 0.29) is 30.2 Å². The molecule has 0 saturated carbocycles. The van der Waals surface area contributed by atoms with E-state index in [1.54, 1.807) is 29.2 Å². The Bertz CT molecular complexity index is 872. The molecule has 2 aliphatic heterocycles. The molecule has 33 heavy (non-hydrogen) atoms. The van der Waals surface area contributed by atoms with Crippen molar-refractivity contribution in [2.24, 2.45) is 5.92 Å². The van der Waals surface area contributed by atoms with E-state index in [4.69, 9.17) is 26.4 Å². The summed E-state index contributed by atoms with van der Waals surface area (Å²) in [5.74, 6) is -0.320. The number of nitrogens with zero attached hydrogens (tertiary/aromatic N) is 1. The Balaban J connectivity index is 1.58. The van der Waals surface area contributed by atoms with E-state index >= 15 is 0 Å². The lowest BCUT2D eigenvalue weighted by molar-refractivity contribution is -0.150. The highest BCUT2D eigenvalue weighted by molar-refractivity contribution is 7.80. The SMILES string of the molecule is CC(C)COc1cccc(C(=O)NC(=S)N2CCNC(=O)C2CC(=O)OCC2CCCO2)c1. The van der Waals surface area contributed by atoms with Gasteiger partial charge in [-0.2, -0.15) is 0 Å². The summed E-state index contributed by atoms with van der Waals surface area (Å²) in [6.45, 7) is 6.18. The van der Waals surface area contributed by atoms with Crippen molar-refractivity contribution in [1.29, 1.82) is 0 Å². The summed E-state index contributed by atoms with van der Waals surface area (Å²) in [6.07, 6.45) is 1.53. The number of rotatable bonds is 8. The second kappa shape index (κ2) is 11.9. The minimum Gasteiger partial charge on any atom is -0.493 e. The van der Waals surface area contributed by atoms with Crippen LogP contribution in [0.2, 0.25) is 0 Å². The van der Waals surface area contributed by atoms with Crippen LogP contribution in [-0.4, -0.2) is 72.9 Å². The molecule has 2 fully saturated rings. The number of amides is 2. The molecule has 0 spiro atoms. The van der Waals surface area contributed by atoms with Gasteiger partial charge in [0.25, 0.3) is 5.91 Å². The monoisotopic (exact) mass is 477 g/mol. The molecule has 2 heterocycles. The highest BCUT2D eigenvalue weighted by Crippen LogP contribution is 2.16. The van der Waals surface area contributed by atoms with Gasteiger partial charge in [0.1, 0.15) is 18.4 Å². The van der Waals surface area contributed by atoms with Crippen LogP contribution in [0, 0.1) is 5.92 Å². The predicted molar refractivity (Wildman–Crippen MR) is 125 cm³/mol. The molecule has 2 N–H and O–H groups in total. The molecule has 2 saturated heterocycles. The standard InChI is InChI=1S/C23H31N3O6S/c1-15(2)13-31-17-6-3-5-16(11-17)21(28)25-23(33)26-9-8-24-22(29)19(26)12-20(27)32-14-18-7-4-10-30-18/h3,5-6,11,15,18-19H,4,7-10,12-14H2,1-2H3,(H,24,29)(H,25,28,33). The number of piperazine rings is 1. The third kappa shape index (κ3) is 7.40. The third-order valence-electron chi connectivity index (χ3n) is 5.31. The van der Waals surface area contributed by atoms with Crippen LogP contribution in [0.25, 0.3) is 0 Å². The number of hydrogen-bond acceptors (Lipinski definition) is 7. The van der Waals surface area contributed by atoms with Crippen molar-refractivity contribution in [2.75, 3.05) is 32.9 Å². The van der Waals surface area contributed by atoms with Crippen molar-refractivity contribution in [2.45, 2.75) is 45.3 Å². The predicted octanol–water partition coefficient (Wildman–Crippen LogP) is 1.65. The molecular formula is C23H31N3O6S. The number of ether oxygens (including phenoxy) is 3. The van der Waals surface area contributed by atoms with Gasteiger partial charge in [-0.25, -0.2) is 0 Å². The van der Waals surface area contributed by atoms with E-state index in [9.17, 15) is 14.4 Å². The van der Waals surface area contributed by atoms with Crippen molar-refractivity contribution in [3.05, 3.63) is 29.8 Å². The molecule has 0 bridgehead atoms. The van der Waals surface area contributed by atoms with Gasteiger partial charge in [0, 0.05) is 25.3 Å². The molecule has 2 aliphatic rings. The van der Waals surface area contributed by atoms with Crippen LogP contribution in [0.1, 0.15) is 43.5 Å². The van der Waals surface area contributed by atoms with Gasteiger partial charge in [-0.3, -0.25) is 19.7 Å². The van der Waals surface area contributed by atoms with Crippen molar-refractivity contribution in [1.82, 2.24) is 15.5 Å². The first-order chi connectivity index (χ1) is 15.8. The van der Waals surface area contributed by atoms with Gasteiger partial charge in [0.15, 0.2) is 5.11 Å². The molecule has 3 rings (SSSR count). The van der Waals surface area contributed by atoms with Crippen molar-refractivity contribution >= 4 is 35.1 Å². The first-order valence-electron chi connectivity index (χ1n) is 11.2. The fraction of sp³-hybridized carbons (Fsp3) is 0.565. The van der Waals surface area contributed by atoms with Gasteiger partial charge >= 0.3 is 5.97 Å². The average Bonchev–Trinajstić information content (AvgIpc) is 3.31. The van der Waals surface area contributed by atoms with Gasteiger partial charge < -0.3 is 24.4 Å². The second-order valence-corrected chi connectivity index (χ2v) is 8.90. The largest absolute Gasteiger partial charge is 0.493 e. The van der Waals surface area contributed by atoms with Crippen LogP contribution < -0.4 is 15.4 Å². The lowest BCUT2D eigenvalue weighted by Crippen LogP contribution is -2.60. The van der Waals surface area contributed by atoms with Crippen LogP contribution in [0.15, 0.2) is 24.3 Å². The van der Waals surface area contributed by atoms with Crippen LogP contribution >= 0.6 is 12.2 Å². The van der Waals surface area contributed by atoms with Crippen molar-refractivity contribution in [3.63, 3.8) is 0 Å². The zero-order valence-corrected chi connectivity index (χ0v) is 19.8. The lowest BCUT2D eigenvalue weighted by atomic mass is 10.1. The molecule has 2 atom stereocenters. The minimum atomic E-state index is -0.857. The summed E-state index contributed by atoms with van der Waals surface area (Å²) < 4.78 is 16.4. The maximum atomic E-state index is 12.8. The Kier molecular flexibility index (Phi) is 9.02. The van der Waals surface area contributed by atoms with Crippen LogP contribution in [0.4, 0.5) is 0 Å². The third-order valence-corrected chi connectivity index (χ3v) is 5.64. The van der Waals surface area contributed by atoms with E-state index in [1.165, 1.54) is 0 Å². The molecule has 180 valence electrons. The van der Waals surface area contributed by atoms with Gasteiger partial charge in [-0.05, 0) is 49.2 Å². The number of carbonyl (C=O) groups is 3. The van der Waals surface area contributed by atoms with Crippen LogP contribution in [-0.2, 0) is 19.1 Å². The van der Waals surface area contributed by atoms with Gasteiger partial charge in [0.05, 0.1) is 19.1 Å². The van der Waals surface area contributed by atoms with Crippen molar-refractivity contribution < 1.29 is 28.6 Å². The summed E-state index contributed by atoms with van der Waals surface area (Å²) in [7, 11) is 0. The van der Waals surface area contributed by atoms with E-state index in [0.717, 1.165) is 12.8 Å². The summed E-state index contributed by atoms with van der Waals surface area (Å²) >= 11 is 5.41. The molecule has 0 aliphatic carbocycles. The Hall–Kier alpha value is -2.72. The Morgan fingerprint density at radius 2 is 2.18 bits per heavy atom. The number of benzene rings is 1. The Morgan fingerprint density at radius 1 is 1.36 bits per heavy atom. The molecule has 2 unspecified atom stereocenters. The first-order valence-corrected chi connectivity index (χ1v) is 11.6. The average molecular weight is 478 g/mol. The molecule has 0 aromatic heterocycles. The molecule has 10 heteroatoms. The van der Waals surface area contributed by atoms with E-state index < -0.39 is 17.9 Å². The highest BCUT2D eigenvalue weighted by Gasteiger charge is 2.34. The maximum absolute atomic E-state index is 12.8. The first kappa shape index (κ1) is 24.9. The molecule has 1 aromatic carbocycles. The zero-order chi connectivity index (χ0) is 23.8. The molecule has 0 radical (unpaired) electrons. The van der Waals surface area contributed by atoms with Crippen LogP contribution in [0.3, 0.4) is 0 Å². The quantitative estimate of drug-likeness (QED) is 0.430. The van der Waals surface area contributed by atoms with E-state index in [2.05, 4.69) is 10.6 Å². The topological polar surface area (TPSA) is 106 Å². The van der Waals surface area contributed by atoms with Crippen molar-refractivity contribution in [3.8, 4) is 5.75 Å². The molecule has 9 nitrogen and oxygen atoms in total. The normalized spacial score (nSPS) is 20.3. The molecule has 1 aromatic rings. The van der Waals surface area contributed by atoms with E-state index in [1.807, 2.05) is 13.8 Å². The summed E-state index contributed by atoms with van der Waals surface area (Å²) in [4.78, 5) is 39.1. The zero-order valence-electron chi connectivity index (χ0n) is 19.0. The second-order valence-electron chi connectivity index (χ2n) is 8.51. The smallest absolute Gasteiger partial charge is 0.308 e. The van der Waals surface area contributed by atoms with Gasteiger partial charge in [-0.15, -0.1) is 0 Å². The number of thiocarbonyl (C=S) groups is 1. The van der Waals surface area contributed by atoms with E-state index in [0.29, 0.717) is 43.5 Å². The fourth-order valence-electron chi connectivity index (χ4n) is 3.57. The fourth-order valence-corrected chi connectivity index (χ4v) is 3.88. The maximum Gasteiger partial charge on any atom is 0.308 e. The number of hydrogen-bond donors (Lipinski definition) is 2. The lowest BCUT2D eigenvalue weighted by Gasteiger charge is -2.36. The minimum absolute atomic E-state index is 0.0836. The highest BCUT2D eigenvalue weighted by atomic mass is 32.1. The Morgan fingerprint density at radius 3 is 2.91 bits per heavy atom. The van der Waals surface area contributed by atoms with Gasteiger partial charge in [0.2, 0.25) is 5.91 Å². The Labute approximate surface area is 199 Å². The summed E-state index contributed by atoms with van der Waals surface area (Å²) in [6, 6.07) is 5.95. The summed E-state index contributed by atoms with van der Waals surface area (Å²) in [5.41, 5.74) is 0.382. The number of esters is 1. The molecular weight excluding hydrogens is 446 g/mol. The molecule has 2 amide bonds. The summed E-state index contributed by atoms with van der Waals surface area (Å²) in [5, 5.41) is 5.49. The van der Waals surface area contributed by atoms with Crippen LogP contribution in [0.5, 0.6) is 5.75 Å².